The highest BCUT2D eigenvalue weighted by atomic mass is 79.9. The third-order valence-corrected chi connectivity index (χ3v) is 7.04. The molecule has 0 saturated carbocycles. The Morgan fingerprint density at radius 2 is 1.79 bits per heavy atom. The summed E-state index contributed by atoms with van der Waals surface area (Å²) in [4.78, 5) is 0.345. The third kappa shape index (κ3) is 4.03. The van der Waals surface area contributed by atoms with Gasteiger partial charge >= 0.3 is 0 Å². The van der Waals surface area contributed by atoms with Gasteiger partial charge in [-0.25, -0.2) is 13.1 Å². The van der Waals surface area contributed by atoms with Gasteiger partial charge in [-0.3, -0.25) is 0 Å². The lowest BCUT2D eigenvalue weighted by Crippen LogP contribution is -2.51. The van der Waals surface area contributed by atoms with E-state index in [4.69, 9.17) is 0 Å². The highest BCUT2D eigenvalue weighted by molar-refractivity contribution is 9.09. The second kappa shape index (κ2) is 6.70. The summed E-state index contributed by atoms with van der Waals surface area (Å²) < 4.78 is 27.8. The normalized spacial score (nSPS) is 12.7. The molecule has 108 valence electrons. The van der Waals surface area contributed by atoms with Gasteiger partial charge in [0.15, 0.2) is 0 Å². The van der Waals surface area contributed by atoms with Gasteiger partial charge in [0.05, 0.1) is 10.4 Å². The smallest absolute Gasteiger partial charge is 0.207 e. The fourth-order valence-electron chi connectivity index (χ4n) is 1.79. The van der Waals surface area contributed by atoms with Crippen molar-refractivity contribution in [1.29, 1.82) is 0 Å². The van der Waals surface area contributed by atoms with Crippen LogP contribution in [-0.2, 0) is 10.0 Å². The number of hydrogen-bond donors (Lipinski definition) is 1. The molecule has 1 aromatic rings. The number of hydrogen-bond acceptors (Lipinski definition) is 2. The first-order valence-corrected chi connectivity index (χ1v) is 9.76. The van der Waals surface area contributed by atoms with Crippen LogP contribution in [0, 0.1) is 13.8 Å². The number of benzene rings is 1. The second-order valence-electron chi connectivity index (χ2n) is 4.78. The summed E-state index contributed by atoms with van der Waals surface area (Å²) in [6.45, 7) is 5.73. The first-order chi connectivity index (χ1) is 8.80. The van der Waals surface area contributed by atoms with Gasteiger partial charge < -0.3 is 0 Å². The minimum absolute atomic E-state index is 0.345. The van der Waals surface area contributed by atoms with Gasteiger partial charge in [0, 0.05) is 10.7 Å². The van der Waals surface area contributed by atoms with Crippen molar-refractivity contribution in [2.24, 2.45) is 0 Å². The van der Waals surface area contributed by atoms with E-state index < -0.39 is 15.6 Å². The van der Waals surface area contributed by atoms with Crippen LogP contribution in [0.25, 0.3) is 0 Å². The molecule has 0 fully saturated rings. The van der Waals surface area contributed by atoms with Crippen molar-refractivity contribution in [1.82, 2.24) is 4.72 Å². The Morgan fingerprint density at radius 1 is 1.21 bits per heavy atom. The Hall–Kier alpha value is 0.0900. The van der Waals surface area contributed by atoms with Crippen molar-refractivity contribution in [2.75, 3.05) is 10.7 Å². The molecule has 6 heteroatoms. The molecule has 1 aromatic carbocycles. The lowest BCUT2D eigenvalue weighted by molar-refractivity contribution is 0.459. The molecule has 0 aliphatic rings. The second-order valence-corrected chi connectivity index (χ2v) is 7.55. The molecule has 0 unspecified atom stereocenters. The van der Waals surface area contributed by atoms with Crippen LogP contribution < -0.4 is 4.72 Å². The SMILES string of the molecule is CCC(CBr)(CBr)NS(=O)(=O)c1ccc(C)cc1C. The standard InChI is InChI=1S/C13H19Br2NO2S/c1-4-13(8-14,9-15)16-19(17,18)12-6-5-10(2)7-11(12)3/h5-7,16H,4,8-9H2,1-3H3. The number of halogens is 2. The van der Waals surface area contributed by atoms with Crippen LogP contribution in [0.15, 0.2) is 23.1 Å². The maximum Gasteiger partial charge on any atom is 0.241 e. The molecule has 19 heavy (non-hydrogen) atoms. The fraction of sp³-hybridized carbons (Fsp3) is 0.538. The van der Waals surface area contributed by atoms with E-state index in [9.17, 15) is 8.42 Å². The zero-order valence-corrected chi connectivity index (χ0v) is 15.3. The van der Waals surface area contributed by atoms with Gasteiger partial charge in [0.1, 0.15) is 0 Å². The first-order valence-electron chi connectivity index (χ1n) is 6.03. The first kappa shape index (κ1) is 17.1. The Labute approximate surface area is 132 Å². The van der Waals surface area contributed by atoms with Crippen molar-refractivity contribution in [3.05, 3.63) is 29.3 Å². The summed E-state index contributed by atoms with van der Waals surface area (Å²) >= 11 is 6.78. The number of aryl methyl sites for hydroxylation is 2. The predicted octanol–water partition coefficient (Wildman–Crippen LogP) is 3.52. The Balaban J connectivity index is 3.17. The predicted molar refractivity (Wildman–Crippen MR) is 86.8 cm³/mol. The zero-order chi connectivity index (χ0) is 14.7. The van der Waals surface area contributed by atoms with Gasteiger partial charge in [-0.05, 0) is 31.9 Å². The minimum Gasteiger partial charge on any atom is -0.207 e. The Morgan fingerprint density at radius 3 is 2.21 bits per heavy atom. The maximum atomic E-state index is 12.5. The highest BCUT2D eigenvalue weighted by Crippen LogP contribution is 2.23. The van der Waals surface area contributed by atoms with Crippen molar-refractivity contribution in [2.45, 2.75) is 37.6 Å². The number of rotatable bonds is 6. The molecule has 0 bridgehead atoms. The van der Waals surface area contributed by atoms with Crippen LogP contribution in [0.3, 0.4) is 0 Å². The summed E-state index contributed by atoms with van der Waals surface area (Å²) in [5, 5.41) is 1.12. The Kier molecular flexibility index (Phi) is 6.04. The van der Waals surface area contributed by atoms with Gasteiger partial charge in [0.2, 0.25) is 10.0 Å². The van der Waals surface area contributed by atoms with E-state index in [2.05, 4.69) is 36.6 Å². The van der Waals surface area contributed by atoms with E-state index in [0.29, 0.717) is 22.0 Å². The van der Waals surface area contributed by atoms with Gasteiger partial charge in [-0.2, -0.15) is 0 Å². The van der Waals surface area contributed by atoms with Crippen molar-refractivity contribution in [3.8, 4) is 0 Å². The molecule has 0 aliphatic carbocycles. The van der Waals surface area contributed by atoms with E-state index in [1.165, 1.54) is 0 Å². The molecule has 0 aliphatic heterocycles. The number of nitrogens with one attached hydrogen (secondary N) is 1. The third-order valence-electron chi connectivity index (χ3n) is 3.16. The van der Waals surface area contributed by atoms with E-state index in [1.54, 1.807) is 6.07 Å². The lowest BCUT2D eigenvalue weighted by atomic mass is 10.0. The number of alkyl halides is 2. The molecular formula is C13H19Br2NO2S. The monoisotopic (exact) mass is 411 g/mol. The van der Waals surface area contributed by atoms with E-state index in [0.717, 1.165) is 11.1 Å². The van der Waals surface area contributed by atoms with E-state index in [1.807, 2.05) is 32.9 Å². The van der Waals surface area contributed by atoms with Crippen LogP contribution in [0.2, 0.25) is 0 Å². The average molecular weight is 413 g/mol. The van der Waals surface area contributed by atoms with Gasteiger partial charge in [-0.15, -0.1) is 0 Å². The maximum absolute atomic E-state index is 12.5. The Bertz CT molecular complexity index is 531. The van der Waals surface area contributed by atoms with Crippen LogP contribution >= 0.6 is 31.9 Å². The van der Waals surface area contributed by atoms with Crippen molar-refractivity contribution >= 4 is 41.9 Å². The van der Waals surface area contributed by atoms with Crippen LogP contribution in [0.1, 0.15) is 24.5 Å². The molecule has 3 nitrogen and oxygen atoms in total. The van der Waals surface area contributed by atoms with Crippen LogP contribution in [0.4, 0.5) is 0 Å². The molecule has 0 amide bonds. The molecular weight excluding hydrogens is 394 g/mol. The van der Waals surface area contributed by atoms with Crippen molar-refractivity contribution < 1.29 is 8.42 Å². The lowest BCUT2D eigenvalue weighted by Gasteiger charge is -2.29. The molecule has 0 atom stereocenters. The molecule has 1 rings (SSSR count). The molecule has 0 heterocycles. The summed E-state index contributed by atoms with van der Waals surface area (Å²) in [7, 11) is -3.51. The van der Waals surface area contributed by atoms with E-state index in [-0.39, 0.29) is 0 Å². The van der Waals surface area contributed by atoms with Crippen LogP contribution in [0.5, 0.6) is 0 Å². The topological polar surface area (TPSA) is 46.2 Å². The van der Waals surface area contributed by atoms with Gasteiger partial charge in [-0.1, -0.05) is 56.5 Å². The average Bonchev–Trinajstić information content (AvgIpc) is 2.35. The summed E-state index contributed by atoms with van der Waals surface area (Å²) in [5.41, 5.74) is 1.32. The summed E-state index contributed by atoms with van der Waals surface area (Å²) in [6.07, 6.45) is 0.702. The van der Waals surface area contributed by atoms with E-state index >= 15 is 0 Å². The fourth-order valence-corrected chi connectivity index (χ4v) is 5.86. The van der Waals surface area contributed by atoms with Gasteiger partial charge in [0.25, 0.3) is 0 Å². The molecule has 0 radical (unpaired) electrons. The number of sulfonamides is 1. The quantitative estimate of drug-likeness (QED) is 0.726. The highest BCUT2D eigenvalue weighted by Gasteiger charge is 2.32. The largest absolute Gasteiger partial charge is 0.241 e. The molecule has 0 aromatic heterocycles. The minimum atomic E-state index is -3.51. The molecule has 1 N–H and O–H groups in total. The van der Waals surface area contributed by atoms with Crippen molar-refractivity contribution in [3.63, 3.8) is 0 Å². The zero-order valence-electron chi connectivity index (χ0n) is 11.3. The summed E-state index contributed by atoms with van der Waals surface area (Å²) in [6, 6.07) is 5.36. The molecule has 0 saturated heterocycles. The summed E-state index contributed by atoms with van der Waals surface area (Å²) in [5.74, 6) is 0. The van der Waals surface area contributed by atoms with Crippen LogP contribution in [-0.4, -0.2) is 24.6 Å². The molecule has 0 spiro atoms.